The van der Waals surface area contributed by atoms with Crippen LogP contribution in [0, 0.1) is 6.92 Å². The SMILES string of the molecule is Cc1cccc(CC(=O)N2CCN(c3nc4ccccc4n(C)c3=O)CC2)c1. The van der Waals surface area contributed by atoms with Gasteiger partial charge in [0.2, 0.25) is 5.91 Å². The number of amides is 1. The number of anilines is 1. The number of benzene rings is 2. The number of carbonyl (C=O) groups excluding carboxylic acids is 1. The van der Waals surface area contributed by atoms with E-state index in [2.05, 4.69) is 11.1 Å². The molecule has 1 amide bonds. The fourth-order valence-corrected chi connectivity index (χ4v) is 3.75. The summed E-state index contributed by atoms with van der Waals surface area (Å²) in [6.45, 7) is 4.45. The van der Waals surface area contributed by atoms with Gasteiger partial charge < -0.3 is 14.4 Å². The molecule has 4 rings (SSSR count). The zero-order valence-corrected chi connectivity index (χ0v) is 16.3. The maximum absolute atomic E-state index is 12.7. The van der Waals surface area contributed by atoms with Crippen LogP contribution in [0.15, 0.2) is 53.3 Å². The highest BCUT2D eigenvalue weighted by Gasteiger charge is 2.24. The van der Waals surface area contributed by atoms with Crippen molar-refractivity contribution >= 4 is 22.8 Å². The molecule has 28 heavy (non-hydrogen) atoms. The van der Waals surface area contributed by atoms with Crippen molar-refractivity contribution < 1.29 is 4.79 Å². The number of aromatic nitrogens is 2. The summed E-state index contributed by atoms with van der Waals surface area (Å²) in [6.07, 6.45) is 0.414. The molecule has 0 atom stereocenters. The minimum Gasteiger partial charge on any atom is -0.348 e. The molecular formula is C22H24N4O2. The van der Waals surface area contributed by atoms with Gasteiger partial charge in [-0.15, -0.1) is 0 Å². The Kier molecular flexibility index (Phi) is 4.86. The van der Waals surface area contributed by atoms with Crippen LogP contribution in [0.25, 0.3) is 11.0 Å². The lowest BCUT2D eigenvalue weighted by Gasteiger charge is -2.35. The van der Waals surface area contributed by atoms with Gasteiger partial charge in [0.25, 0.3) is 5.56 Å². The van der Waals surface area contributed by atoms with Gasteiger partial charge in [-0.3, -0.25) is 9.59 Å². The second-order valence-electron chi connectivity index (χ2n) is 7.32. The summed E-state index contributed by atoms with van der Waals surface area (Å²) in [4.78, 5) is 33.9. The van der Waals surface area contributed by atoms with Crippen LogP contribution < -0.4 is 10.5 Å². The lowest BCUT2D eigenvalue weighted by Crippen LogP contribution is -2.51. The number of piperazine rings is 1. The highest BCUT2D eigenvalue weighted by atomic mass is 16.2. The lowest BCUT2D eigenvalue weighted by atomic mass is 10.1. The number of fused-ring (bicyclic) bond motifs is 1. The van der Waals surface area contributed by atoms with Crippen molar-refractivity contribution in [1.29, 1.82) is 0 Å². The van der Waals surface area contributed by atoms with Crippen LogP contribution in [-0.2, 0) is 18.3 Å². The van der Waals surface area contributed by atoms with Gasteiger partial charge >= 0.3 is 0 Å². The molecule has 0 unspecified atom stereocenters. The fraction of sp³-hybridized carbons (Fsp3) is 0.318. The minimum absolute atomic E-state index is 0.0989. The van der Waals surface area contributed by atoms with Crippen molar-refractivity contribution in [2.45, 2.75) is 13.3 Å². The largest absolute Gasteiger partial charge is 0.348 e. The zero-order chi connectivity index (χ0) is 19.7. The number of hydrogen-bond donors (Lipinski definition) is 0. The highest BCUT2D eigenvalue weighted by molar-refractivity contribution is 5.79. The summed E-state index contributed by atoms with van der Waals surface area (Å²) in [7, 11) is 1.78. The number of nitrogens with zero attached hydrogens (tertiary/aromatic N) is 4. The van der Waals surface area contributed by atoms with Crippen molar-refractivity contribution in [2.24, 2.45) is 7.05 Å². The van der Waals surface area contributed by atoms with E-state index in [0.29, 0.717) is 38.4 Å². The molecule has 2 heterocycles. The van der Waals surface area contributed by atoms with E-state index in [-0.39, 0.29) is 11.5 Å². The normalized spacial score (nSPS) is 14.5. The molecule has 0 radical (unpaired) electrons. The summed E-state index contributed by atoms with van der Waals surface area (Å²) in [6, 6.07) is 15.7. The van der Waals surface area contributed by atoms with Crippen molar-refractivity contribution in [1.82, 2.24) is 14.5 Å². The second-order valence-corrected chi connectivity index (χ2v) is 7.32. The van der Waals surface area contributed by atoms with Crippen LogP contribution >= 0.6 is 0 Å². The summed E-state index contributed by atoms with van der Waals surface area (Å²) < 4.78 is 1.65. The van der Waals surface area contributed by atoms with E-state index in [1.807, 2.05) is 59.2 Å². The maximum atomic E-state index is 12.7. The summed E-state index contributed by atoms with van der Waals surface area (Å²) in [5.41, 5.74) is 3.73. The van der Waals surface area contributed by atoms with Gasteiger partial charge in [0.15, 0.2) is 5.82 Å². The smallest absolute Gasteiger partial charge is 0.293 e. The molecule has 1 aliphatic heterocycles. The molecule has 1 saturated heterocycles. The predicted molar refractivity (Wildman–Crippen MR) is 111 cm³/mol. The number of aryl methyl sites for hydroxylation is 2. The quantitative estimate of drug-likeness (QED) is 0.703. The zero-order valence-electron chi connectivity index (χ0n) is 16.3. The first-order valence-corrected chi connectivity index (χ1v) is 9.57. The molecule has 2 aromatic carbocycles. The molecule has 0 saturated carbocycles. The van der Waals surface area contributed by atoms with Gasteiger partial charge in [0.1, 0.15) is 0 Å². The summed E-state index contributed by atoms with van der Waals surface area (Å²) >= 11 is 0. The van der Waals surface area contributed by atoms with E-state index >= 15 is 0 Å². The lowest BCUT2D eigenvalue weighted by molar-refractivity contribution is -0.130. The van der Waals surface area contributed by atoms with E-state index in [0.717, 1.165) is 22.2 Å². The second kappa shape index (κ2) is 7.46. The molecule has 6 heteroatoms. The summed E-state index contributed by atoms with van der Waals surface area (Å²) in [5.74, 6) is 0.594. The Morgan fingerprint density at radius 2 is 1.79 bits per heavy atom. The van der Waals surface area contributed by atoms with E-state index in [1.165, 1.54) is 0 Å². The Hall–Kier alpha value is -3.15. The third-order valence-corrected chi connectivity index (χ3v) is 5.34. The number of rotatable bonds is 3. The van der Waals surface area contributed by atoms with Gasteiger partial charge in [0, 0.05) is 33.2 Å². The standard InChI is InChI=1S/C22H24N4O2/c1-16-6-5-7-17(14-16)15-20(27)25-10-12-26(13-11-25)21-22(28)24(2)19-9-4-3-8-18(19)23-21/h3-9,14H,10-13,15H2,1-2H3. The van der Waals surface area contributed by atoms with Gasteiger partial charge in [0.05, 0.1) is 17.5 Å². The molecule has 1 aliphatic rings. The average molecular weight is 376 g/mol. The Balaban J connectivity index is 1.47. The van der Waals surface area contributed by atoms with Gasteiger partial charge in [-0.05, 0) is 24.6 Å². The van der Waals surface area contributed by atoms with Crippen molar-refractivity contribution in [3.05, 3.63) is 70.0 Å². The molecule has 1 aromatic heterocycles. The fourth-order valence-electron chi connectivity index (χ4n) is 3.75. The first kappa shape index (κ1) is 18.2. The van der Waals surface area contributed by atoms with Crippen LogP contribution in [0.2, 0.25) is 0 Å². The van der Waals surface area contributed by atoms with E-state index in [4.69, 9.17) is 0 Å². The van der Waals surface area contributed by atoms with E-state index in [1.54, 1.807) is 11.6 Å². The van der Waals surface area contributed by atoms with Gasteiger partial charge in [-0.25, -0.2) is 4.98 Å². The Bertz CT molecular complexity index is 1080. The van der Waals surface area contributed by atoms with E-state index < -0.39 is 0 Å². The monoisotopic (exact) mass is 376 g/mol. The van der Waals surface area contributed by atoms with Crippen LogP contribution in [-0.4, -0.2) is 46.5 Å². The Morgan fingerprint density at radius 3 is 2.54 bits per heavy atom. The third-order valence-electron chi connectivity index (χ3n) is 5.34. The molecule has 0 aliphatic carbocycles. The van der Waals surface area contributed by atoms with Gasteiger partial charge in [-0.2, -0.15) is 0 Å². The first-order valence-electron chi connectivity index (χ1n) is 9.57. The molecule has 3 aromatic rings. The topological polar surface area (TPSA) is 58.4 Å². The molecule has 6 nitrogen and oxygen atoms in total. The maximum Gasteiger partial charge on any atom is 0.293 e. The van der Waals surface area contributed by atoms with Gasteiger partial charge in [-0.1, -0.05) is 42.0 Å². The Labute approximate surface area is 164 Å². The molecule has 0 spiro atoms. The molecule has 144 valence electrons. The summed E-state index contributed by atoms with van der Waals surface area (Å²) in [5, 5.41) is 0. The third kappa shape index (κ3) is 3.50. The van der Waals surface area contributed by atoms with Crippen LogP contribution in [0.5, 0.6) is 0 Å². The molecule has 0 bridgehead atoms. The van der Waals surface area contributed by atoms with Crippen LogP contribution in [0.1, 0.15) is 11.1 Å². The molecule has 0 N–H and O–H groups in total. The average Bonchev–Trinajstić information content (AvgIpc) is 2.71. The van der Waals surface area contributed by atoms with Crippen molar-refractivity contribution in [2.75, 3.05) is 31.1 Å². The van der Waals surface area contributed by atoms with Crippen LogP contribution in [0.3, 0.4) is 0 Å². The van der Waals surface area contributed by atoms with Crippen LogP contribution in [0.4, 0.5) is 5.82 Å². The van der Waals surface area contributed by atoms with Crippen molar-refractivity contribution in [3.63, 3.8) is 0 Å². The number of hydrogen-bond acceptors (Lipinski definition) is 4. The predicted octanol–water partition coefficient (Wildman–Crippen LogP) is 2.13. The first-order chi connectivity index (χ1) is 13.5. The van der Waals surface area contributed by atoms with Crippen molar-refractivity contribution in [3.8, 4) is 0 Å². The Morgan fingerprint density at radius 1 is 1.04 bits per heavy atom. The minimum atomic E-state index is -0.0989. The molecule has 1 fully saturated rings. The number of para-hydroxylation sites is 2. The number of carbonyl (C=O) groups is 1. The van der Waals surface area contributed by atoms with E-state index in [9.17, 15) is 9.59 Å². The molecular weight excluding hydrogens is 352 g/mol. The highest BCUT2D eigenvalue weighted by Crippen LogP contribution is 2.16.